The largest absolute Gasteiger partial charge is 0.381 e. The number of nitrogens with one attached hydrogen (secondary N) is 1. The Bertz CT molecular complexity index is 473. The number of hydrogen-bond donors (Lipinski definition) is 1. The maximum Gasteiger partial charge on any atom is 0.0652 e. The molecule has 0 saturated heterocycles. The van der Waals surface area contributed by atoms with Gasteiger partial charge in [-0.25, -0.2) is 0 Å². The Morgan fingerprint density at radius 2 is 2.00 bits per heavy atom. The van der Waals surface area contributed by atoms with Crippen molar-refractivity contribution in [2.24, 2.45) is 5.41 Å². The summed E-state index contributed by atoms with van der Waals surface area (Å²) in [4.78, 5) is 4.61. The van der Waals surface area contributed by atoms with Crippen molar-refractivity contribution >= 4 is 0 Å². The van der Waals surface area contributed by atoms with Crippen molar-refractivity contribution in [1.29, 1.82) is 0 Å². The summed E-state index contributed by atoms with van der Waals surface area (Å²) in [6, 6.07) is 3.00. The molecule has 0 spiro atoms. The Morgan fingerprint density at radius 1 is 1.35 bits per heavy atom. The van der Waals surface area contributed by atoms with Gasteiger partial charge < -0.3 is 10.1 Å². The average molecular weight is 276 g/mol. The topological polar surface area (TPSA) is 34.1 Å². The third-order valence-corrected chi connectivity index (χ3v) is 4.93. The van der Waals surface area contributed by atoms with E-state index in [2.05, 4.69) is 57.9 Å². The van der Waals surface area contributed by atoms with E-state index in [4.69, 9.17) is 4.74 Å². The number of methoxy groups -OCH3 is 1. The molecule has 1 saturated carbocycles. The van der Waals surface area contributed by atoms with Crippen LogP contribution in [0.4, 0.5) is 0 Å². The molecule has 0 bridgehead atoms. The Balaban J connectivity index is 2.12. The van der Waals surface area contributed by atoms with Crippen LogP contribution in [-0.2, 0) is 4.74 Å². The summed E-state index contributed by atoms with van der Waals surface area (Å²) in [6.07, 6.45) is 1.45. The van der Waals surface area contributed by atoms with E-state index in [1.54, 1.807) is 0 Å². The zero-order valence-electron chi connectivity index (χ0n) is 13.9. The van der Waals surface area contributed by atoms with Crippen molar-refractivity contribution in [2.75, 3.05) is 7.11 Å². The molecule has 0 amide bonds. The maximum atomic E-state index is 5.53. The van der Waals surface area contributed by atoms with E-state index in [9.17, 15) is 0 Å². The lowest BCUT2D eigenvalue weighted by atomic mass is 9.64. The summed E-state index contributed by atoms with van der Waals surface area (Å²) < 4.78 is 5.53. The molecular formula is C17H28N2O. The van der Waals surface area contributed by atoms with Gasteiger partial charge in [-0.1, -0.05) is 13.8 Å². The van der Waals surface area contributed by atoms with E-state index in [1.165, 1.54) is 11.1 Å². The third kappa shape index (κ3) is 2.61. The second-order valence-electron chi connectivity index (χ2n) is 6.80. The highest BCUT2D eigenvalue weighted by molar-refractivity contribution is 5.33. The Labute approximate surface area is 123 Å². The number of rotatable bonds is 4. The van der Waals surface area contributed by atoms with Crippen molar-refractivity contribution in [3.63, 3.8) is 0 Å². The molecule has 0 aliphatic heterocycles. The lowest BCUT2D eigenvalue weighted by Gasteiger charge is -2.52. The number of pyridine rings is 1. The van der Waals surface area contributed by atoms with Crippen LogP contribution in [0.5, 0.6) is 0 Å². The minimum Gasteiger partial charge on any atom is -0.381 e. The van der Waals surface area contributed by atoms with Crippen LogP contribution in [0.25, 0.3) is 0 Å². The molecule has 0 radical (unpaired) electrons. The quantitative estimate of drug-likeness (QED) is 0.914. The molecule has 1 heterocycles. The zero-order valence-corrected chi connectivity index (χ0v) is 13.9. The van der Waals surface area contributed by atoms with Crippen LogP contribution >= 0.6 is 0 Å². The van der Waals surface area contributed by atoms with Gasteiger partial charge in [0.1, 0.15) is 0 Å². The molecule has 0 aromatic carbocycles. The maximum absolute atomic E-state index is 5.53. The smallest absolute Gasteiger partial charge is 0.0652 e. The molecule has 112 valence electrons. The molecule has 1 fully saturated rings. The molecule has 1 aliphatic carbocycles. The zero-order chi connectivity index (χ0) is 15.1. The fourth-order valence-electron chi connectivity index (χ4n) is 3.64. The van der Waals surface area contributed by atoms with Gasteiger partial charge in [0.25, 0.3) is 0 Å². The summed E-state index contributed by atoms with van der Waals surface area (Å²) in [5, 5.41) is 3.77. The molecule has 20 heavy (non-hydrogen) atoms. The highest BCUT2D eigenvalue weighted by Gasteiger charge is 2.48. The van der Waals surface area contributed by atoms with Crippen molar-refractivity contribution in [1.82, 2.24) is 10.3 Å². The Hall–Kier alpha value is -0.930. The predicted octanol–water partition coefficient (Wildman–Crippen LogP) is 3.47. The molecule has 3 heteroatoms. The minimum absolute atomic E-state index is 0.197. The fourth-order valence-corrected chi connectivity index (χ4v) is 3.64. The first-order valence-electron chi connectivity index (χ1n) is 7.51. The van der Waals surface area contributed by atoms with Gasteiger partial charge >= 0.3 is 0 Å². The van der Waals surface area contributed by atoms with E-state index in [1.807, 2.05) is 7.11 Å². The van der Waals surface area contributed by atoms with E-state index >= 15 is 0 Å². The molecule has 1 N–H and O–H groups in total. The van der Waals surface area contributed by atoms with Crippen LogP contribution in [0.2, 0.25) is 0 Å². The van der Waals surface area contributed by atoms with Gasteiger partial charge in [0.05, 0.1) is 6.10 Å². The van der Waals surface area contributed by atoms with Gasteiger partial charge in [-0.05, 0) is 51.3 Å². The first-order chi connectivity index (χ1) is 9.27. The normalized spacial score (nSPS) is 26.1. The molecule has 1 aliphatic rings. The van der Waals surface area contributed by atoms with Crippen molar-refractivity contribution < 1.29 is 4.74 Å². The lowest BCUT2D eigenvalue weighted by molar-refractivity contribution is -0.0999. The minimum atomic E-state index is 0.197. The van der Waals surface area contributed by atoms with Crippen LogP contribution < -0.4 is 5.32 Å². The van der Waals surface area contributed by atoms with Crippen LogP contribution in [0.15, 0.2) is 6.07 Å². The summed E-state index contributed by atoms with van der Waals surface area (Å²) in [5.74, 6) is 0. The van der Waals surface area contributed by atoms with Crippen LogP contribution in [0, 0.1) is 26.2 Å². The fraction of sp³-hybridized carbons (Fsp3) is 0.706. The molecule has 1 aromatic heterocycles. The highest BCUT2D eigenvalue weighted by atomic mass is 16.5. The number of aromatic nitrogens is 1. The van der Waals surface area contributed by atoms with Gasteiger partial charge in [-0.3, -0.25) is 4.98 Å². The van der Waals surface area contributed by atoms with E-state index in [-0.39, 0.29) is 5.41 Å². The van der Waals surface area contributed by atoms with Gasteiger partial charge in [0, 0.05) is 36.0 Å². The first-order valence-corrected chi connectivity index (χ1v) is 7.51. The van der Waals surface area contributed by atoms with Crippen LogP contribution in [0.1, 0.15) is 55.7 Å². The second-order valence-corrected chi connectivity index (χ2v) is 6.80. The number of ether oxygens (including phenoxy) is 1. The van der Waals surface area contributed by atoms with Gasteiger partial charge in [0.15, 0.2) is 0 Å². The van der Waals surface area contributed by atoms with E-state index in [0.717, 1.165) is 17.8 Å². The monoisotopic (exact) mass is 276 g/mol. The molecular weight excluding hydrogens is 248 g/mol. The lowest BCUT2D eigenvalue weighted by Crippen LogP contribution is -2.61. The van der Waals surface area contributed by atoms with Crippen molar-refractivity contribution in [2.45, 2.75) is 66.2 Å². The van der Waals surface area contributed by atoms with E-state index < -0.39 is 0 Å². The van der Waals surface area contributed by atoms with Crippen molar-refractivity contribution in [3.8, 4) is 0 Å². The Morgan fingerprint density at radius 3 is 2.50 bits per heavy atom. The number of hydrogen-bond acceptors (Lipinski definition) is 3. The predicted molar refractivity (Wildman–Crippen MR) is 83.0 cm³/mol. The second kappa shape index (κ2) is 5.45. The van der Waals surface area contributed by atoms with Gasteiger partial charge in [-0.15, -0.1) is 0 Å². The Kier molecular flexibility index (Phi) is 4.22. The van der Waals surface area contributed by atoms with Crippen LogP contribution in [-0.4, -0.2) is 24.2 Å². The third-order valence-electron chi connectivity index (χ3n) is 4.93. The summed E-state index contributed by atoms with van der Waals surface area (Å²) in [6.45, 7) is 13.1. The molecule has 3 atom stereocenters. The average Bonchev–Trinajstić information content (AvgIpc) is 2.32. The SMILES string of the molecule is COC1CC(NC(C)c2c(C)cc(C)nc2C)C1(C)C. The molecule has 3 unspecified atom stereocenters. The highest BCUT2D eigenvalue weighted by Crippen LogP contribution is 2.43. The number of nitrogens with zero attached hydrogens (tertiary/aromatic N) is 1. The van der Waals surface area contributed by atoms with E-state index in [0.29, 0.717) is 18.2 Å². The molecule has 1 aromatic rings. The summed E-state index contributed by atoms with van der Waals surface area (Å²) in [5.41, 5.74) is 5.10. The van der Waals surface area contributed by atoms with Crippen molar-refractivity contribution in [3.05, 3.63) is 28.6 Å². The van der Waals surface area contributed by atoms with Gasteiger partial charge in [-0.2, -0.15) is 0 Å². The summed E-state index contributed by atoms with van der Waals surface area (Å²) >= 11 is 0. The summed E-state index contributed by atoms with van der Waals surface area (Å²) in [7, 11) is 1.81. The number of aryl methyl sites for hydroxylation is 3. The standard InChI is InChI=1S/C17H28N2O/c1-10-8-11(2)18-12(3)16(10)13(4)19-14-9-15(20-7)17(14,5)6/h8,13-15,19H,9H2,1-7H3. The van der Waals surface area contributed by atoms with Crippen LogP contribution in [0.3, 0.4) is 0 Å². The van der Waals surface area contributed by atoms with Gasteiger partial charge in [0.2, 0.25) is 0 Å². The molecule has 2 rings (SSSR count). The molecule has 3 nitrogen and oxygen atoms in total. The first kappa shape index (κ1) is 15.5.